The van der Waals surface area contributed by atoms with E-state index in [0.717, 1.165) is 22.3 Å². The van der Waals surface area contributed by atoms with Gasteiger partial charge in [0.15, 0.2) is 0 Å². The summed E-state index contributed by atoms with van der Waals surface area (Å²) in [4.78, 5) is 0. The van der Waals surface area contributed by atoms with Gasteiger partial charge in [-0.15, -0.1) is 0 Å². The third-order valence-electron chi connectivity index (χ3n) is 5.67. The highest BCUT2D eigenvalue weighted by Gasteiger charge is 2.27. The Morgan fingerprint density at radius 3 is 1.11 bits per heavy atom. The van der Waals surface area contributed by atoms with Gasteiger partial charge in [-0.05, 0) is 46.5 Å². The van der Waals surface area contributed by atoms with Crippen molar-refractivity contribution in [1.82, 2.24) is 0 Å². The highest BCUT2D eigenvalue weighted by atomic mass is 35.5. The Hall–Kier alpha value is -2.16. The van der Waals surface area contributed by atoms with E-state index >= 15 is 0 Å². The molecule has 0 aliphatic heterocycles. The van der Waals surface area contributed by atoms with Gasteiger partial charge >= 0.3 is 0 Å². The molecule has 0 fully saturated rings. The molecule has 0 unspecified atom stereocenters. The van der Waals surface area contributed by atoms with E-state index in [2.05, 4.69) is 52.0 Å². The molecule has 0 saturated heterocycles. The van der Waals surface area contributed by atoms with Gasteiger partial charge in [0.2, 0.25) is 0 Å². The van der Waals surface area contributed by atoms with Crippen molar-refractivity contribution in [3.8, 4) is 11.5 Å². The van der Waals surface area contributed by atoms with E-state index < -0.39 is 0 Å². The molecular weight excluding hydrogens is 391 g/mol. The number of halogens is 2. The summed E-state index contributed by atoms with van der Waals surface area (Å²) >= 11 is 12.2. The van der Waals surface area contributed by atoms with Crippen LogP contribution in [0, 0.1) is 0 Å². The lowest BCUT2D eigenvalue weighted by molar-refractivity contribution is 0.474. The number of rotatable bonds is 4. The van der Waals surface area contributed by atoms with Crippen molar-refractivity contribution in [2.24, 2.45) is 0 Å². The highest BCUT2D eigenvalue weighted by molar-refractivity contribution is 6.32. The zero-order valence-corrected chi connectivity index (χ0v) is 17.9. The van der Waals surface area contributed by atoms with E-state index in [0.29, 0.717) is 10.0 Å². The summed E-state index contributed by atoms with van der Waals surface area (Å²) in [7, 11) is 0. The van der Waals surface area contributed by atoms with Crippen molar-refractivity contribution in [2.45, 2.75) is 38.5 Å². The quantitative estimate of drug-likeness (QED) is 0.479. The van der Waals surface area contributed by atoms with Crippen LogP contribution in [0.15, 0.2) is 60.7 Å². The second kappa shape index (κ2) is 7.35. The number of benzene rings is 3. The van der Waals surface area contributed by atoms with Gasteiger partial charge in [0.1, 0.15) is 11.5 Å². The Kier molecular flexibility index (Phi) is 5.40. The molecule has 0 aromatic heterocycles. The summed E-state index contributed by atoms with van der Waals surface area (Å²) in [5.74, 6) is 0.178. The van der Waals surface area contributed by atoms with E-state index in [1.807, 2.05) is 24.3 Å². The smallest absolute Gasteiger partial charge is 0.134 e. The maximum atomic E-state index is 9.69. The van der Waals surface area contributed by atoms with Crippen LogP contribution < -0.4 is 0 Å². The van der Waals surface area contributed by atoms with Crippen LogP contribution in [0.1, 0.15) is 49.9 Å². The Balaban J connectivity index is 1.95. The molecule has 0 radical (unpaired) electrons. The summed E-state index contributed by atoms with van der Waals surface area (Å²) in [5.41, 5.74) is 3.85. The van der Waals surface area contributed by atoms with Crippen LogP contribution in [0.25, 0.3) is 0 Å². The van der Waals surface area contributed by atoms with Crippen LogP contribution in [0.4, 0.5) is 0 Å². The van der Waals surface area contributed by atoms with Gasteiger partial charge in [-0.1, -0.05) is 87.3 Å². The first-order valence-electron chi connectivity index (χ1n) is 9.12. The molecule has 2 nitrogen and oxygen atoms in total. The van der Waals surface area contributed by atoms with Crippen molar-refractivity contribution in [2.75, 3.05) is 0 Å². The maximum absolute atomic E-state index is 9.69. The molecule has 0 atom stereocenters. The van der Waals surface area contributed by atoms with E-state index in [9.17, 15) is 10.2 Å². The lowest BCUT2D eigenvalue weighted by Crippen LogP contribution is -2.21. The summed E-state index contributed by atoms with van der Waals surface area (Å²) in [6.45, 7) is 8.54. The van der Waals surface area contributed by atoms with E-state index in [1.165, 1.54) is 0 Å². The molecule has 3 aromatic carbocycles. The standard InChI is InChI=1S/C24H24Cl2O2/c1-23(2,17-9-11-21(27)19(25)13-17)15-5-7-16(8-6-15)24(3,4)18-10-12-22(28)20(26)14-18/h5-14,27-28H,1-4H3. The first kappa shape index (κ1) is 20.6. The predicted octanol–water partition coefficient (Wildman–Crippen LogP) is 7.06. The van der Waals surface area contributed by atoms with E-state index in [-0.39, 0.29) is 22.3 Å². The Labute approximate surface area is 176 Å². The Bertz CT molecular complexity index is 923. The van der Waals surface area contributed by atoms with Crippen molar-refractivity contribution >= 4 is 23.2 Å². The van der Waals surface area contributed by atoms with Crippen LogP contribution in [0.2, 0.25) is 10.0 Å². The van der Waals surface area contributed by atoms with Crippen molar-refractivity contribution in [3.05, 3.63) is 93.0 Å². The number of hydrogen-bond acceptors (Lipinski definition) is 2. The first-order valence-corrected chi connectivity index (χ1v) is 9.88. The van der Waals surface area contributed by atoms with Crippen LogP contribution in [0.3, 0.4) is 0 Å². The molecule has 0 saturated carbocycles. The Morgan fingerprint density at radius 1 is 0.536 bits per heavy atom. The van der Waals surface area contributed by atoms with Gasteiger partial charge in [-0.2, -0.15) is 0 Å². The van der Waals surface area contributed by atoms with Gasteiger partial charge in [0.05, 0.1) is 10.0 Å². The normalized spacial score (nSPS) is 12.2. The summed E-state index contributed by atoms with van der Waals surface area (Å²) < 4.78 is 0. The number of phenolic OH excluding ortho intramolecular Hbond substituents is 2. The molecule has 0 aliphatic carbocycles. The monoisotopic (exact) mass is 414 g/mol. The summed E-state index contributed by atoms with van der Waals surface area (Å²) in [6, 6.07) is 19.2. The molecule has 0 amide bonds. The minimum absolute atomic E-state index is 0.0888. The van der Waals surface area contributed by atoms with E-state index in [1.54, 1.807) is 12.1 Å². The van der Waals surface area contributed by atoms with Crippen molar-refractivity contribution in [1.29, 1.82) is 0 Å². The molecule has 4 heteroatoms. The van der Waals surface area contributed by atoms with Crippen LogP contribution >= 0.6 is 23.2 Å². The second-order valence-electron chi connectivity index (χ2n) is 8.16. The minimum atomic E-state index is -0.262. The number of phenols is 2. The second-order valence-corrected chi connectivity index (χ2v) is 8.97. The molecule has 0 bridgehead atoms. The summed E-state index contributed by atoms with van der Waals surface area (Å²) in [6.07, 6.45) is 0. The molecule has 0 spiro atoms. The largest absolute Gasteiger partial charge is 0.506 e. The molecule has 146 valence electrons. The molecule has 0 heterocycles. The average molecular weight is 415 g/mol. The average Bonchev–Trinajstić information content (AvgIpc) is 2.66. The maximum Gasteiger partial charge on any atom is 0.134 e. The Morgan fingerprint density at radius 2 is 0.821 bits per heavy atom. The first-order chi connectivity index (χ1) is 13.0. The molecule has 3 rings (SSSR count). The van der Waals surface area contributed by atoms with Crippen LogP contribution in [-0.2, 0) is 10.8 Å². The highest BCUT2D eigenvalue weighted by Crippen LogP contribution is 2.38. The number of hydrogen-bond donors (Lipinski definition) is 2. The van der Waals surface area contributed by atoms with Gasteiger partial charge in [-0.25, -0.2) is 0 Å². The van der Waals surface area contributed by atoms with Gasteiger partial charge < -0.3 is 10.2 Å². The molecular formula is C24H24Cl2O2. The van der Waals surface area contributed by atoms with Crippen molar-refractivity contribution < 1.29 is 10.2 Å². The van der Waals surface area contributed by atoms with Gasteiger partial charge in [0.25, 0.3) is 0 Å². The van der Waals surface area contributed by atoms with Gasteiger partial charge in [-0.3, -0.25) is 0 Å². The third-order valence-corrected chi connectivity index (χ3v) is 6.27. The molecule has 0 aliphatic rings. The number of aromatic hydroxyl groups is 2. The van der Waals surface area contributed by atoms with E-state index in [4.69, 9.17) is 23.2 Å². The minimum Gasteiger partial charge on any atom is -0.506 e. The predicted molar refractivity (Wildman–Crippen MR) is 117 cm³/mol. The van der Waals surface area contributed by atoms with Crippen LogP contribution in [-0.4, -0.2) is 10.2 Å². The zero-order chi connectivity index (χ0) is 20.7. The van der Waals surface area contributed by atoms with Gasteiger partial charge in [0, 0.05) is 10.8 Å². The summed E-state index contributed by atoms with van der Waals surface area (Å²) in [5, 5.41) is 20.1. The van der Waals surface area contributed by atoms with Crippen molar-refractivity contribution in [3.63, 3.8) is 0 Å². The topological polar surface area (TPSA) is 40.5 Å². The zero-order valence-electron chi connectivity index (χ0n) is 16.4. The molecule has 28 heavy (non-hydrogen) atoms. The fraction of sp³-hybridized carbons (Fsp3) is 0.250. The SMILES string of the molecule is CC(C)(c1ccc(C(C)(C)c2ccc(O)c(Cl)c2)cc1)c1ccc(O)c(Cl)c1. The fourth-order valence-electron chi connectivity index (χ4n) is 3.43. The fourth-order valence-corrected chi connectivity index (χ4v) is 3.79. The lowest BCUT2D eigenvalue weighted by Gasteiger charge is -2.30. The third kappa shape index (κ3) is 3.72. The molecule has 3 aromatic rings. The van der Waals surface area contributed by atoms with Crippen LogP contribution in [0.5, 0.6) is 11.5 Å². The molecule has 2 N–H and O–H groups in total. The lowest BCUT2D eigenvalue weighted by atomic mass is 9.74.